The molecule has 1 aromatic carbocycles. The molecule has 1 aliphatic heterocycles. The molecule has 0 atom stereocenters. The fraction of sp³-hybridized carbons (Fsp3) is 0.471. The van der Waals surface area contributed by atoms with Crippen LogP contribution < -0.4 is 0 Å². The number of rotatable bonds is 6. The predicted octanol–water partition coefficient (Wildman–Crippen LogP) is 0.987. The van der Waals surface area contributed by atoms with Crippen molar-refractivity contribution < 1.29 is 21.6 Å². The lowest BCUT2D eigenvalue weighted by Crippen LogP contribution is -2.43. The molecule has 1 aliphatic rings. The third-order valence-corrected chi connectivity index (χ3v) is 7.97. The van der Waals surface area contributed by atoms with Crippen molar-refractivity contribution in [3.8, 4) is 0 Å². The molecule has 1 fully saturated rings. The minimum atomic E-state index is -3.50. The first kappa shape index (κ1) is 20.6. The van der Waals surface area contributed by atoms with Crippen LogP contribution in [0, 0.1) is 0 Å². The van der Waals surface area contributed by atoms with Crippen LogP contribution in [0.25, 0.3) is 6.08 Å². The highest BCUT2D eigenvalue weighted by molar-refractivity contribution is 7.91. The van der Waals surface area contributed by atoms with Gasteiger partial charge in [0.05, 0.1) is 16.4 Å². The zero-order chi connectivity index (χ0) is 19.4. The van der Waals surface area contributed by atoms with Gasteiger partial charge in [-0.25, -0.2) is 16.8 Å². The fourth-order valence-corrected chi connectivity index (χ4v) is 5.33. The van der Waals surface area contributed by atoms with Gasteiger partial charge in [-0.3, -0.25) is 4.79 Å². The summed E-state index contributed by atoms with van der Waals surface area (Å²) >= 11 is 0. The van der Waals surface area contributed by atoms with E-state index in [-0.39, 0.29) is 35.4 Å². The Labute approximate surface area is 155 Å². The summed E-state index contributed by atoms with van der Waals surface area (Å²) in [5.74, 6) is -0.269. The van der Waals surface area contributed by atoms with Gasteiger partial charge in [-0.15, -0.1) is 0 Å². The maximum atomic E-state index is 12.4. The first-order valence-electron chi connectivity index (χ1n) is 8.47. The second-order valence-electron chi connectivity index (χ2n) is 5.97. The van der Waals surface area contributed by atoms with Crippen LogP contribution in [0.2, 0.25) is 0 Å². The van der Waals surface area contributed by atoms with Gasteiger partial charge in [0.25, 0.3) is 0 Å². The second-order valence-corrected chi connectivity index (χ2v) is 10.2. The van der Waals surface area contributed by atoms with Gasteiger partial charge < -0.3 is 4.90 Å². The number of hydrogen-bond donors (Lipinski definition) is 0. The number of sulfone groups is 1. The van der Waals surface area contributed by atoms with Crippen molar-refractivity contribution in [2.45, 2.75) is 18.7 Å². The molecule has 2 rings (SSSR count). The highest BCUT2D eigenvalue weighted by Crippen LogP contribution is 2.17. The van der Waals surface area contributed by atoms with E-state index in [0.29, 0.717) is 18.7 Å². The summed E-state index contributed by atoms with van der Waals surface area (Å²) in [5.41, 5.74) is 0.696. The van der Waals surface area contributed by atoms with E-state index in [1.54, 1.807) is 32.1 Å². The second kappa shape index (κ2) is 8.32. The molecule has 1 heterocycles. The van der Waals surface area contributed by atoms with Crippen LogP contribution in [0.15, 0.2) is 35.2 Å². The highest BCUT2D eigenvalue weighted by Gasteiger charge is 2.24. The van der Waals surface area contributed by atoms with Crippen molar-refractivity contribution in [1.29, 1.82) is 0 Å². The summed E-state index contributed by atoms with van der Waals surface area (Å²) in [6.07, 6.45) is 2.98. The van der Waals surface area contributed by atoms with Crippen LogP contribution in [0.4, 0.5) is 0 Å². The maximum absolute atomic E-state index is 12.4. The quantitative estimate of drug-likeness (QED) is 0.664. The molecule has 1 aromatic rings. The van der Waals surface area contributed by atoms with E-state index < -0.39 is 19.9 Å². The Morgan fingerprint density at radius 2 is 1.65 bits per heavy atom. The van der Waals surface area contributed by atoms with Gasteiger partial charge >= 0.3 is 0 Å². The molecule has 0 radical (unpaired) electrons. The Morgan fingerprint density at radius 3 is 2.15 bits per heavy atom. The number of sulfonamides is 1. The fourth-order valence-electron chi connectivity index (χ4n) is 2.67. The average molecular weight is 401 g/mol. The van der Waals surface area contributed by atoms with Crippen LogP contribution in [0.3, 0.4) is 0 Å². The number of amides is 1. The monoisotopic (exact) mass is 400 g/mol. The van der Waals surface area contributed by atoms with Gasteiger partial charge in [0.1, 0.15) is 0 Å². The van der Waals surface area contributed by atoms with Gasteiger partial charge in [-0.1, -0.05) is 26.0 Å². The van der Waals surface area contributed by atoms with Crippen LogP contribution in [-0.4, -0.2) is 69.6 Å². The molecule has 0 N–H and O–H groups in total. The summed E-state index contributed by atoms with van der Waals surface area (Å²) in [6.45, 7) is 4.78. The summed E-state index contributed by atoms with van der Waals surface area (Å²) in [4.78, 5) is 13.8. The Kier molecular flexibility index (Phi) is 6.59. The molecule has 0 spiro atoms. The van der Waals surface area contributed by atoms with Crippen molar-refractivity contribution in [3.63, 3.8) is 0 Å². The van der Waals surface area contributed by atoms with E-state index >= 15 is 0 Å². The van der Waals surface area contributed by atoms with Crippen LogP contribution in [0.5, 0.6) is 0 Å². The van der Waals surface area contributed by atoms with Crippen molar-refractivity contribution in [2.75, 3.05) is 37.7 Å². The molecule has 144 valence electrons. The molecule has 0 saturated carbocycles. The van der Waals surface area contributed by atoms with Crippen molar-refractivity contribution in [1.82, 2.24) is 9.21 Å². The van der Waals surface area contributed by atoms with E-state index in [4.69, 9.17) is 0 Å². The maximum Gasteiger partial charge on any atom is 0.246 e. The van der Waals surface area contributed by atoms with Crippen molar-refractivity contribution in [3.05, 3.63) is 35.9 Å². The topological polar surface area (TPSA) is 91.8 Å². The number of carbonyl (C=O) groups is 1. The lowest BCUT2D eigenvalue weighted by molar-refractivity contribution is -0.125. The summed E-state index contributed by atoms with van der Waals surface area (Å²) in [5, 5.41) is 0. The summed E-state index contributed by atoms with van der Waals surface area (Å²) < 4.78 is 49.0. The van der Waals surface area contributed by atoms with E-state index in [9.17, 15) is 21.6 Å². The van der Waals surface area contributed by atoms with Crippen LogP contribution in [0.1, 0.15) is 19.4 Å². The number of carbonyl (C=O) groups excluding carboxylic acids is 1. The normalized spacial score (nSPS) is 17.7. The van der Waals surface area contributed by atoms with Gasteiger partial charge in [-0.2, -0.15) is 4.31 Å². The van der Waals surface area contributed by atoms with Gasteiger partial charge in [0, 0.05) is 32.3 Å². The molecule has 0 aliphatic carbocycles. The Balaban J connectivity index is 2.05. The number of hydrogen-bond acceptors (Lipinski definition) is 5. The zero-order valence-electron chi connectivity index (χ0n) is 15.0. The Hall–Kier alpha value is -1.71. The molecular formula is C17H24N2O5S2. The van der Waals surface area contributed by atoms with Gasteiger partial charge in [-0.05, 0) is 23.8 Å². The van der Waals surface area contributed by atoms with E-state index in [0.717, 1.165) is 0 Å². The molecule has 26 heavy (non-hydrogen) atoms. The minimum absolute atomic E-state index is 0.00943. The van der Waals surface area contributed by atoms with Gasteiger partial charge in [0.15, 0.2) is 9.84 Å². The van der Waals surface area contributed by atoms with Crippen LogP contribution in [-0.2, 0) is 24.7 Å². The first-order chi connectivity index (χ1) is 12.2. The Bertz CT molecular complexity index is 856. The molecule has 7 nitrogen and oxygen atoms in total. The van der Waals surface area contributed by atoms with E-state index in [1.807, 2.05) is 0 Å². The number of benzene rings is 1. The average Bonchev–Trinajstić information content (AvgIpc) is 2.61. The van der Waals surface area contributed by atoms with Crippen molar-refractivity contribution >= 4 is 31.8 Å². The largest absolute Gasteiger partial charge is 0.337 e. The summed E-state index contributed by atoms with van der Waals surface area (Å²) in [6, 6.07) is 6.32. The predicted molar refractivity (Wildman–Crippen MR) is 101 cm³/mol. The molecule has 0 aromatic heterocycles. The lowest BCUT2D eigenvalue weighted by atomic mass is 10.2. The molecular weight excluding hydrogens is 376 g/mol. The van der Waals surface area contributed by atoms with Crippen LogP contribution >= 0.6 is 0 Å². The first-order valence-corrected chi connectivity index (χ1v) is 11.7. The van der Waals surface area contributed by atoms with E-state index in [1.165, 1.54) is 27.4 Å². The number of nitrogens with zero attached hydrogens (tertiary/aromatic N) is 2. The third kappa shape index (κ3) is 4.93. The molecule has 1 saturated heterocycles. The highest BCUT2D eigenvalue weighted by atomic mass is 32.2. The Morgan fingerprint density at radius 1 is 1.12 bits per heavy atom. The van der Waals surface area contributed by atoms with Crippen molar-refractivity contribution in [2.24, 2.45) is 0 Å². The van der Waals surface area contributed by atoms with Gasteiger partial charge in [0.2, 0.25) is 15.9 Å². The summed E-state index contributed by atoms with van der Waals surface area (Å²) in [7, 11) is -6.53. The molecule has 1 amide bonds. The molecule has 0 unspecified atom stereocenters. The third-order valence-electron chi connectivity index (χ3n) is 4.30. The smallest absolute Gasteiger partial charge is 0.246 e. The minimum Gasteiger partial charge on any atom is -0.337 e. The molecule has 9 heteroatoms. The SMILES string of the molecule is CCN(CC)S(=O)(=O)c1ccc(/C=C/C(=O)N2CCS(=O)(=O)CC2)cc1. The molecule has 0 bridgehead atoms. The van der Waals surface area contributed by atoms with E-state index in [2.05, 4.69) is 0 Å². The standard InChI is InChI=1S/C17H24N2O5S2/c1-3-19(4-2)26(23,24)16-8-5-15(6-9-16)7-10-17(20)18-11-13-25(21,22)14-12-18/h5-10H,3-4,11-14H2,1-2H3/b10-7+. The zero-order valence-corrected chi connectivity index (χ0v) is 16.6. The lowest BCUT2D eigenvalue weighted by Gasteiger charge is -2.25.